The van der Waals surface area contributed by atoms with E-state index in [4.69, 9.17) is 5.26 Å². The number of hydrogen-bond acceptors (Lipinski definition) is 3. The maximum absolute atomic E-state index is 13.7. The van der Waals surface area contributed by atoms with E-state index in [1.807, 2.05) is 13.0 Å². The summed E-state index contributed by atoms with van der Waals surface area (Å²) in [5.74, 6) is -1.40. The van der Waals surface area contributed by atoms with Crippen molar-refractivity contribution in [3.05, 3.63) is 35.1 Å². The molecule has 0 aliphatic carbocycles. The normalized spacial score (nSPS) is 11.4. The molecule has 5 heteroatoms. The van der Waals surface area contributed by atoms with Crippen molar-refractivity contribution in [3.63, 3.8) is 0 Å². The van der Waals surface area contributed by atoms with Crippen molar-refractivity contribution in [1.29, 1.82) is 5.26 Å². The number of carbonyl (C=O) groups is 1. The van der Waals surface area contributed by atoms with Gasteiger partial charge in [0.25, 0.3) is 0 Å². The minimum absolute atomic E-state index is 0.150. The highest BCUT2D eigenvalue weighted by Crippen LogP contribution is 2.20. The number of halogens is 1. The Labute approximate surface area is 112 Å². The maximum Gasteiger partial charge on any atom is 0.323 e. The number of benzene rings is 1. The average molecular weight is 264 g/mol. The van der Waals surface area contributed by atoms with Gasteiger partial charge >= 0.3 is 5.97 Å². The molecule has 0 fully saturated rings. The van der Waals surface area contributed by atoms with Gasteiger partial charge in [-0.25, -0.2) is 4.39 Å². The van der Waals surface area contributed by atoms with Crippen LogP contribution in [-0.2, 0) is 11.3 Å². The number of nitriles is 1. The largest absolute Gasteiger partial charge is 0.480 e. The van der Waals surface area contributed by atoms with Crippen molar-refractivity contribution >= 4 is 5.97 Å². The summed E-state index contributed by atoms with van der Waals surface area (Å²) in [6, 6.07) is 6.03. The molecular formula is C14H17FN2O2. The highest BCUT2D eigenvalue weighted by atomic mass is 19.1. The Balaban J connectivity index is 3.06. The predicted octanol–water partition coefficient (Wildman–Crippen LogP) is 2.38. The summed E-state index contributed by atoms with van der Waals surface area (Å²) in [4.78, 5) is 12.9. The predicted molar refractivity (Wildman–Crippen MR) is 68.9 cm³/mol. The molecule has 0 saturated carbocycles. The number of aliphatic carboxylic acids is 1. The van der Waals surface area contributed by atoms with Crippen molar-refractivity contribution in [1.82, 2.24) is 4.90 Å². The molecule has 0 heterocycles. The van der Waals surface area contributed by atoms with Gasteiger partial charge in [-0.1, -0.05) is 6.92 Å². The Morgan fingerprint density at radius 3 is 2.63 bits per heavy atom. The first kappa shape index (κ1) is 15.1. The van der Waals surface area contributed by atoms with Crippen molar-refractivity contribution in [2.75, 3.05) is 6.54 Å². The standard InChI is InChI=1S/C14H17FN2O2/c1-4-17(14(2,3)13(18)19)9-11-7-10(8-16)5-6-12(11)15/h5-7H,4,9H2,1-3H3,(H,18,19). The summed E-state index contributed by atoms with van der Waals surface area (Å²) in [5, 5.41) is 18.0. The molecule has 0 aliphatic heterocycles. The van der Waals surface area contributed by atoms with E-state index in [0.29, 0.717) is 17.7 Å². The fourth-order valence-electron chi connectivity index (χ4n) is 1.81. The zero-order chi connectivity index (χ0) is 14.6. The molecule has 0 radical (unpaired) electrons. The molecule has 0 amide bonds. The highest BCUT2D eigenvalue weighted by molar-refractivity contribution is 5.77. The van der Waals surface area contributed by atoms with E-state index in [1.165, 1.54) is 18.2 Å². The lowest BCUT2D eigenvalue weighted by atomic mass is 10.0. The molecule has 1 aromatic carbocycles. The summed E-state index contributed by atoms with van der Waals surface area (Å²) in [7, 11) is 0. The molecule has 1 rings (SSSR count). The van der Waals surface area contributed by atoms with Gasteiger partial charge in [-0.3, -0.25) is 9.69 Å². The lowest BCUT2D eigenvalue weighted by Gasteiger charge is -2.34. The van der Waals surface area contributed by atoms with Gasteiger partial charge in [0, 0.05) is 12.1 Å². The highest BCUT2D eigenvalue weighted by Gasteiger charge is 2.33. The van der Waals surface area contributed by atoms with Crippen LogP contribution in [0.3, 0.4) is 0 Å². The second kappa shape index (κ2) is 5.81. The van der Waals surface area contributed by atoms with Crippen LogP contribution in [-0.4, -0.2) is 28.1 Å². The Morgan fingerprint density at radius 1 is 1.53 bits per heavy atom. The molecular weight excluding hydrogens is 247 g/mol. The third-order valence-corrected chi connectivity index (χ3v) is 3.23. The first-order valence-electron chi connectivity index (χ1n) is 6.00. The van der Waals surface area contributed by atoms with Crippen LogP contribution in [0.15, 0.2) is 18.2 Å². The van der Waals surface area contributed by atoms with Crippen LogP contribution in [0.1, 0.15) is 31.9 Å². The summed E-state index contributed by atoms with van der Waals surface area (Å²) < 4.78 is 13.7. The molecule has 0 saturated heterocycles. The van der Waals surface area contributed by atoms with Crippen LogP contribution in [0.2, 0.25) is 0 Å². The molecule has 0 unspecified atom stereocenters. The van der Waals surface area contributed by atoms with Crippen LogP contribution in [0.25, 0.3) is 0 Å². The first-order valence-corrected chi connectivity index (χ1v) is 6.00. The molecule has 102 valence electrons. The average Bonchev–Trinajstić information content (AvgIpc) is 2.37. The maximum atomic E-state index is 13.7. The molecule has 0 bridgehead atoms. The van der Waals surface area contributed by atoms with Gasteiger partial charge in [0.2, 0.25) is 0 Å². The Bertz CT molecular complexity index is 521. The summed E-state index contributed by atoms with van der Waals surface area (Å²) in [6.45, 7) is 5.58. The Morgan fingerprint density at radius 2 is 2.16 bits per heavy atom. The van der Waals surface area contributed by atoms with Crippen LogP contribution in [0, 0.1) is 17.1 Å². The molecule has 4 nitrogen and oxygen atoms in total. The SMILES string of the molecule is CCN(Cc1cc(C#N)ccc1F)C(C)(C)C(=O)O. The minimum atomic E-state index is -1.09. The number of carboxylic acids is 1. The number of nitrogens with zero attached hydrogens (tertiary/aromatic N) is 2. The number of likely N-dealkylation sites (N-methyl/N-ethyl adjacent to an activating group) is 1. The second-order valence-corrected chi connectivity index (χ2v) is 4.80. The van der Waals surface area contributed by atoms with E-state index in [-0.39, 0.29) is 6.54 Å². The lowest BCUT2D eigenvalue weighted by molar-refractivity contribution is -0.149. The van der Waals surface area contributed by atoms with E-state index >= 15 is 0 Å². The molecule has 0 atom stereocenters. The monoisotopic (exact) mass is 264 g/mol. The number of rotatable bonds is 5. The van der Waals surface area contributed by atoms with E-state index in [1.54, 1.807) is 18.7 Å². The van der Waals surface area contributed by atoms with Gasteiger partial charge in [-0.2, -0.15) is 5.26 Å². The van der Waals surface area contributed by atoms with Crippen LogP contribution in [0.4, 0.5) is 4.39 Å². The van der Waals surface area contributed by atoms with Gasteiger partial charge in [0.1, 0.15) is 11.4 Å². The van der Waals surface area contributed by atoms with Crippen LogP contribution in [0.5, 0.6) is 0 Å². The van der Waals surface area contributed by atoms with Crippen LogP contribution < -0.4 is 0 Å². The Hall–Kier alpha value is -1.93. The molecule has 19 heavy (non-hydrogen) atoms. The minimum Gasteiger partial charge on any atom is -0.480 e. The van der Waals surface area contributed by atoms with Crippen molar-refractivity contribution in [3.8, 4) is 6.07 Å². The van der Waals surface area contributed by atoms with E-state index < -0.39 is 17.3 Å². The summed E-state index contributed by atoms with van der Waals surface area (Å²) >= 11 is 0. The lowest BCUT2D eigenvalue weighted by Crippen LogP contribution is -2.49. The van der Waals surface area contributed by atoms with Gasteiger partial charge in [-0.15, -0.1) is 0 Å². The van der Waals surface area contributed by atoms with Crippen molar-refractivity contribution in [2.45, 2.75) is 32.9 Å². The molecule has 0 aliphatic rings. The fourth-order valence-corrected chi connectivity index (χ4v) is 1.81. The third kappa shape index (κ3) is 3.30. The molecule has 1 N–H and O–H groups in total. The molecule has 0 spiro atoms. The van der Waals surface area contributed by atoms with Gasteiger partial charge in [0.15, 0.2) is 0 Å². The summed E-state index contributed by atoms with van der Waals surface area (Å²) in [6.07, 6.45) is 0. The quantitative estimate of drug-likeness (QED) is 0.886. The van der Waals surface area contributed by atoms with Gasteiger partial charge in [0.05, 0.1) is 11.6 Å². The smallest absolute Gasteiger partial charge is 0.323 e. The van der Waals surface area contributed by atoms with Crippen molar-refractivity contribution in [2.24, 2.45) is 0 Å². The van der Waals surface area contributed by atoms with E-state index in [9.17, 15) is 14.3 Å². The second-order valence-electron chi connectivity index (χ2n) is 4.80. The van der Waals surface area contributed by atoms with E-state index in [0.717, 1.165) is 0 Å². The first-order chi connectivity index (χ1) is 8.82. The molecule has 1 aromatic rings. The van der Waals surface area contributed by atoms with Crippen molar-refractivity contribution < 1.29 is 14.3 Å². The zero-order valence-electron chi connectivity index (χ0n) is 11.3. The number of carboxylic acid groups (broad SMARTS) is 1. The summed E-state index contributed by atoms with van der Waals surface area (Å²) in [5.41, 5.74) is -0.403. The van der Waals surface area contributed by atoms with E-state index in [2.05, 4.69) is 0 Å². The van der Waals surface area contributed by atoms with Gasteiger partial charge in [-0.05, 0) is 38.6 Å². The third-order valence-electron chi connectivity index (χ3n) is 3.23. The van der Waals surface area contributed by atoms with Gasteiger partial charge < -0.3 is 5.11 Å². The van der Waals surface area contributed by atoms with Crippen LogP contribution >= 0.6 is 0 Å². The molecule has 0 aromatic heterocycles. The topological polar surface area (TPSA) is 64.3 Å². The fraction of sp³-hybridized carbons (Fsp3) is 0.429. The zero-order valence-corrected chi connectivity index (χ0v) is 11.3. The number of hydrogen-bond donors (Lipinski definition) is 1. The Kier molecular flexibility index (Phi) is 4.62.